The summed E-state index contributed by atoms with van der Waals surface area (Å²) < 4.78 is 4.72. The number of esters is 1. The van der Waals surface area contributed by atoms with Crippen LogP contribution in [0.25, 0.3) is 0 Å². The average molecular weight is 296 g/mol. The lowest BCUT2D eigenvalue weighted by Gasteiger charge is -2.17. The van der Waals surface area contributed by atoms with Gasteiger partial charge in [0.15, 0.2) is 0 Å². The summed E-state index contributed by atoms with van der Waals surface area (Å²) in [6.07, 6.45) is 2.32. The molecule has 0 fully saturated rings. The molecular weight excluding hydrogens is 280 g/mol. The number of hydrogen-bond acceptors (Lipinski definition) is 4. The number of hydrogen-bond donors (Lipinski definition) is 0. The monoisotopic (exact) mass is 296 g/mol. The molecule has 1 aliphatic heterocycles. The summed E-state index contributed by atoms with van der Waals surface area (Å²) in [5.41, 5.74) is 3.78. The molecule has 0 N–H and O–H groups in total. The molecule has 0 unspecified atom stereocenters. The molecule has 0 aliphatic carbocycles. The number of rotatable bonds is 2. The first-order valence-corrected chi connectivity index (χ1v) is 7.06. The Bertz CT molecular complexity index is 738. The van der Waals surface area contributed by atoms with Gasteiger partial charge in [-0.3, -0.25) is 9.78 Å². The molecule has 112 valence electrons. The van der Waals surface area contributed by atoms with Crippen molar-refractivity contribution in [1.82, 2.24) is 4.98 Å². The Morgan fingerprint density at radius 1 is 1.18 bits per heavy atom. The van der Waals surface area contributed by atoms with Gasteiger partial charge in [-0.25, -0.2) is 4.79 Å². The molecule has 0 saturated carbocycles. The van der Waals surface area contributed by atoms with Crippen LogP contribution < -0.4 is 4.90 Å². The molecule has 2 aromatic rings. The molecule has 1 aliphatic rings. The third kappa shape index (κ3) is 2.45. The summed E-state index contributed by atoms with van der Waals surface area (Å²) in [4.78, 5) is 30.1. The van der Waals surface area contributed by atoms with Crippen LogP contribution in [0.15, 0.2) is 36.5 Å². The topological polar surface area (TPSA) is 59.5 Å². The Morgan fingerprint density at radius 3 is 2.64 bits per heavy atom. The van der Waals surface area contributed by atoms with E-state index in [9.17, 15) is 9.59 Å². The Kier molecular flexibility index (Phi) is 3.63. The SMILES string of the molecule is COC(=O)c1ccc2c(c1)CCN2C(=O)c1ccc(C)nc1. The summed E-state index contributed by atoms with van der Waals surface area (Å²) in [5.74, 6) is -0.438. The van der Waals surface area contributed by atoms with E-state index >= 15 is 0 Å². The molecule has 22 heavy (non-hydrogen) atoms. The fourth-order valence-corrected chi connectivity index (χ4v) is 2.61. The van der Waals surface area contributed by atoms with Crippen molar-refractivity contribution in [1.29, 1.82) is 0 Å². The van der Waals surface area contributed by atoms with Crippen LogP contribution in [-0.2, 0) is 11.2 Å². The van der Waals surface area contributed by atoms with Gasteiger partial charge in [-0.05, 0) is 49.2 Å². The van der Waals surface area contributed by atoms with Crippen LogP contribution in [-0.4, -0.2) is 30.5 Å². The van der Waals surface area contributed by atoms with Gasteiger partial charge >= 0.3 is 5.97 Å². The Balaban J connectivity index is 1.89. The van der Waals surface area contributed by atoms with E-state index in [4.69, 9.17) is 4.74 Å². The quantitative estimate of drug-likeness (QED) is 0.798. The molecular formula is C17H16N2O3. The second-order valence-electron chi connectivity index (χ2n) is 5.23. The number of aryl methyl sites for hydroxylation is 1. The number of aromatic nitrogens is 1. The van der Waals surface area contributed by atoms with E-state index in [1.165, 1.54) is 7.11 Å². The van der Waals surface area contributed by atoms with Crippen molar-refractivity contribution >= 4 is 17.6 Å². The van der Waals surface area contributed by atoms with Gasteiger partial charge in [0.05, 0.1) is 18.2 Å². The summed E-state index contributed by atoms with van der Waals surface area (Å²) >= 11 is 0. The first kappa shape index (κ1) is 14.3. The van der Waals surface area contributed by atoms with Gasteiger partial charge in [-0.1, -0.05) is 0 Å². The molecule has 0 bridgehead atoms. The Hall–Kier alpha value is -2.69. The average Bonchev–Trinajstić information content (AvgIpc) is 2.97. The largest absolute Gasteiger partial charge is 0.465 e. The molecule has 2 heterocycles. The van der Waals surface area contributed by atoms with Crippen LogP contribution in [0.4, 0.5) is 5.69 Å². The summed E-state index contributed by atoms with van der Waals surface area (Å²) in [7, 11) is 1.36. The minimum absolute atomic E-state index is 0.0722. The van der Waals surface area contributed by atoms with E-state index in [2.05, 4.69) is 4.98 Å². The predicted octanol–water partition coefficient (Wildman–Crippen LogP) is 2.38. The molecule has 1 amide bonds. The number of ether oxygens (including phenoxy) is 1. The smallest absolute Gasteiger partial charge is 0.337 e. The van der Waals surface area contributed by atoms with Gasteiger partial charge in [0.25, 0.3) is 5.91 Å². The van der Waals surface area contributed by atoms with Crippen molar-refractivity contribution < 1.29 is 14.3 Å². The molecule has 0 saturated heterocycles. The van der Waals surface area contributed by atoms with E-state index in [1.807, 2.05) is 13.0 Å². The van der Waals surface area contributed by atoms with Crippen molar-refractivity contribution in [3.05, 3.63) is 58.9 Å². The molecule has 5 nitrogen and oxygen atoms in total. The van der Waals surface area contributed by atoms with Crippen LogP contribution in [0.5, 0.6) is 0 Å². The minimum Gasteiger partial charge on any atom is -0.465 e. The maximum Gasteiger partial charge on any atom is 0.337 e. The molecule has 0 radical (unpaired) electrons. The van der Waals surface area contributed by atoms with Gasteiger partial charge in [0, 0.05) is 24.1 Å². The van der Waals surface area contributed by atoms with E-state index < -0.39 is 0 Å². The molecule has 0 spiro atoms. The number of carbonyl (C=O) groups is 2. The van der Waals surface area contributed by atoms with Crippen molar-refractivity contribution in [2.24, 2.45) is 0 Å². The van der Waals surface area contributed by atoms with E-state index in [0.29, 0.717) is 17.7 Å². The second-order valence-corrected chi connectivity index (χ2v) is 5.23. The van der Waals surface area contributed by atoms with Gasteiger partial charge in [-0.15, -0.1) is 0 Å². The number of fused-ring (bicyclic) bond motifs is 1. The van der Waals surface area contributed by atoms with Crippen LogP contribution in [0, 0.1) is 6.92 Å². The number of nitrogens with zero attached hydrogens (tertiary/aromatic N) is 2. The highest BCUT2D eigenvalue weighted by atomic mass is 16.5. The lowest BCUT2D eigenvalue weighted by atomic mass is 10.1. The number of methoxy groups -OCH3 is 1. The zero-order chi connectivity index (χ0) is 15.7. The fourth-order valence-electron chi connectivity index (χ4n) is 2.61. The summed E-state index contributed by atoms with van der Waals surface area (Å²) in [6, 6.07) is 8.88. The number of benzene rings is 1. The van der Waals surface area contributed by atoms with Crippen LogP contribution >= 0.6 is 0 Å². The summed E-state index contributed by atoms with van der Waals surface area (Å²) in [5, 5.41) is 0. The molecule has 1 aromatic carbocycles. The van der Waals surface area contributed by atoms with Gasteiger partial charge in [0.1, 0.15) is 0 Å². The number of amides is 1. The first-order chi connectivity index (χ1) is 10.6. The second kappa shape index (κ2) is 5.60. The van der Waals surface area contributed by atoms with Crippen molar-refractivity contribution in [3.63, 3.8) is 0 Å². The summed E-state index contributed by atoms with van der Waals surface area (Å²) in [6.45, 7) is 2.49. The first-order valence-electron chi connectivity index (χ1n) is 7.06. The van der Waals surface area contributed by atoms with Crippen molar-refractivity contribution in [2.45, 2.75) is 13.3 Å². The van der Waals surface area contributed by atoms with Crippen molar-refractivity contribution in [3.8, 4) is 0 Å². The van der Waals surface area contributed by atoms with Crippen LogP contribution in [0.2, 0.25) is 0 Å². The van der Waals surface area contributed by atoms with Crippen LogP contribution in [0.3, 0.4) is 0 Å². The number of carbonyl (C=O) groups excluding carboxylic acids is 2. The van der Waals surface area contributed by atoms with E-state index in [-0.39, 0.29) is 11.9 Å². The van der Waals surface area contributed by atoms with E-state index in [0.717, 1.165) is 23.4 Å². The lowest BCUT2D eigenvalue weighted by molar-refractivity contribution is 0.0600. The Morgan fingerprint density at radius 2 is 1.95 bits per heavy atom. The van der Waals surface area contributed by atoms with E-state index in [1.54, 1.807) is 35.4 Å². The zero-order valence-electron chi connectivity index (χ0n) is 12.5. The van der Waals surface area contributed by atoms with Gasteiger partial charge in [-0.2, -0.15) is 0 Å². The maximum atomic E-state index is 12.6. The highest BCUT2D eigenvalue weighted by Gasteiger charge is 2.26. The molecule has 1 aromatic heterocycles. The van der Waals surface area contributed by atoms with Gasteiger partial charge < -0.3 is 9.64 Å². The standard InChI is InChI=1S/C17H16N2O3/c1-11-3-4-14(10-18-11)16(20)19-8-7-12-9-13(17(21)22-2)5-6-15(12)19/h3-6,9-10H,7-8H2,1-2H3. The zero-order valence-corrected chi connectivity index (χ0v) is 12.5. The highest BCUT2D eigenvalue weighted by Crippen LogP contribution is 2.30. The number of pyridine rings is 1. The van der Waals surface area contributed by atoms with Crippen molar-refractivity contribution in [2.75, 3.05) is 18.6 Å². The molecule has 3 rings (SSSR count). The lowest BCUT2D eigenvalue weighted by Crippen LogP contribution is -2.29. The number of anilines is 1. The highest BCUT2D eigenvalue weighted by molar-refractivity contribution is 6.07. The fraction of sp³-hybridized carbons (Fsp3) is 0.235. The van der Waals surface area contributed by atoms with Gasteiger partial charge in [0.2, 0.25) is 0 Å². The normalized spacial score (nSPS) is 12.9. The molecule has 0 atom stereocenters. The maximum absolute atomic E-state index is 12.6. The Labute approximate surface area is 128 Å². The third-order valence-corrected chi connectivity index (χ3v) is 3.80. The van der Waals surface area contributed by atoms with Crippen LogP contribution in [0.1, 0.15) is 32.0 Å². The predicted molar refractivity (Wildman–Crippen MR) is 82.1 cm³/mol. The molecule has 5 heteroatoms. The minimum atomic E-state index is -0.365. The third-order valence-electron chi connectivity index (χ3n) is 3.80.